The first-order valence-electron chi connectivity index (χ1n) is 4.57. The zero-order valence-corrected chi connectivity index (χ0v) is 9.89. The average molecular weight is 261 g/mol. The van der Waals surface area contributed by atoms with Gasteiger partial charge in [-0.1, -0.05) is 18.2 Å². The van der Waals surface area contributed by atoms with E-state index >= 15 is 0 Å². The van der Waals surface area contributed by atoms with Crippen molar-refractivity contribution < 1.29 is 28.4 Å². The molecule has 0 spiro atoms. The molecule has 0 aliphatic heterocycles. The van der Waals surface area contributed by atoms with E-state index in [0.29, 0.717) is 5.56 Å². The maximum absolute atomic E-state index is 10.9. The van der Waals surface area contributed by atoms with Gasteiger partial charge < -0.3 is 14.6 Å². The van der Waals surface area contributed by atoms with E-state index in [1.807, 2.05) is 0 Å². The van der Waals surface area contributed by atoms with Gasteiger partial charge in [-0.2, -0.15) is 0 Å². The molecule has 17 heavy (non-hydrogen) atoms. The second kappa shape index (κ2) is 5.67. The van der Waals surface area contributed by atoms with Crippen LogP contribution >= 0.6 is 7.82 Å². The Bertz CT molecular complexity index is 443. The first-order chi connectivity index (χ1) is 7.92. The van der Waals surface area contributed by atoms with Crippen LogP contribution in [0.5, 0.6) is 5.75 Å². The van der Waals surface area contributed by atoms with Crippen LogP contribution in [-0.2, 0) is 15.8 Å². The van der Waals surface area contributed by atoms with Gasteiger partial charge in [0.15, 0.2) is 0 Å². The number of carbonyl (C=O) groups is 1. The molecule has 0 fully saturated rings. The van der Waals surface area contributed by atoms with Gasteiger partial charge in [0.1, 0.15) is 5.75 Å². The van der Waals surface area contributed by atoms with E-state index in [2.05, 4.69) is 14.6 Å². The Labute approximate surface area is 97.6 Å². The number of alkyl carbamates (subject to hydrolysis) is 1. The van der Waals surface area contributed by atoms with Crippen LogP contribution in [0.15, 0.2) is 24.3 Å². The monoisotopic (exact) mass is 261 g/mol. The molecule has 0 heterocycles. The fraction of sp³-hybridized carbons (Fsp3) is 0.222. The lowest BCUT2D eigenvalue weighted by Crippen LogP contribution is -2.22. The molecule has 0 unspecified atom stereocenters. The smallest absolute Gasteiger partial charge is 0.453 e. The highest BCUT2D eigenvalue weighted by Gasteiger charge is 2.18. The van der Waals surface area contributed by atoms with Gasteiger partial charge in [0.2, 0.25) is 0 Å². The van der Waals surface area contributed by atoms with Crippen molar-refractivity contribution in [2.75, 3.05) is 7.11 Å². The van der Waals surface area contributed by atoms with Gasteiger partial charge in [0.05, 0.1) is 7.11 Å². The summed E-state index contributed by atoms with van der Waals surface area (Å²) in [5.41, 5.74) is 0.432. The average Bonchev–Trinajstić information content (AvgIpc) is 2.25. The summed E-state index contributed by atoms with van der Waals surface area (Å²) in [7, 11) is -3.40. The normalized spacial score (nSPS) is 10.8. The van der Waals surface area contributed by atoms with Crippen molar-refractivity contribution in [1.29, 1.82) is 0 Å². The van der Waals surface area contributed by atoms with Gasteiger partial charge in [0.25, 0.3) is 0 Å². The molecule has 7 nitrogen and oxygen atoms in total. The number of ether oxygens (including phenoxy) is 1. The minimum Gasteiger partial charge on any atom is -0.453 e. The zero-order chi connectivity index (χ0) is 12.9. The maximum Gasteiger partial charge on any atom is 0.524 e. The van der Waals surface area contributed by atoms with Crippen LogP contribution in [-0.4, -0.2) is 23.0 Å². The summed E-state index contributed by atoms with van der Waals surface area (Å²) in [5, 5.41) is 2.38. The first kappa shape index (κ1) is 13.5. The predicted octanol–water partition coefficient (Wildman–Crippen LogP) is 1.01. The lowest BCUT2D eigenvalue weighted by Gasteiger charge is -2.11. The largest absolute Gasteiger partial charge is 0.524 e. The molecule has 0 saturated heterocycles. The van der Waals surface area contributed by atoms with Crippen molar-refractivity contribution in [3.63, 3.8) is 0 Å². The highest BCUT2D eigenvalue weighted by molar-refractivity contribution is 7.46. The Morgan fingerprint density at radius 3 is 2.65 bits per heavy atom. The van der Waals surface area contributed by atoms with Crippen molar-refractivity contribution in [2.24, 2.45) is 0 Å². The van der Waals surface area contributed by atoms with Crippen molar-refractivity contribution in [2.45, 2.75) is 6.54 Å². The third kappa shape index (κ3) is 4.86. The Balaban J connectivity index is 2.78. The molecule has 0 bridgehead atoms. The van der Waals surface area contributed by atoms with E-state index in [1.165, 1.54) is 13.2 Å². The minimum atomic E-state index is -4.61. The topological polar surface area (TPSA) is 105 Å². The van der Waals surface area contributed by atoms with E-state index in [-0.39, 0.29) is 12.3 Å². The number of amides is 1. The van der Waals surface area contributed by atoms with Crippen LogP contribution in [0.25, 0.3) is 0 Å². The lowest BCUT2D eigenvalue weighted by molar-refractivity contribution is 0.170. The van der Waals surface area contributed by atoms with Gasteiger partial charge in [0, 0.05) is 12.1 Å². The van der Waals surface area contributed by atoms with Gasteiger partial charge in [-0.15, -0.1) is 0 Å². The Morgan fingerprint density at radius 2 is 2.06 bits per heavy atom. The first-order valence-corrected chi connectivity index (χ1v) is 6.10. The standard InChI is InChI=1S/C9H12NO6P/c1-15-9(11)10-6-7-4-2-3-5-8(7)16-17(12,13)14/h2-5H,6H2,1H3,(H,10,11)(H2,12,13,14). The minimum absolute atomic E-state index is 0.0113. The predicted molar refractivity (Wildman–Crippen MR) is 58.4 cm³/mol. The summed E-state index contributed by atoms with van der Waals surface area (Å²) in [5.74, 6) is 0.0113. The van der Waals surface area contributed by atoms with Crippen LogP contribution in [0.2, 0.25) is 0 Å². The van der Waals surface area contributed by atoms with Crippen molar-refractivity contribution >= 4 is 13.9 Å². The number of rotatable bonds is 4. The van der Waals surface area contributed by atoms with Gasteiger partial charge in [-0.05, 0) is 6.07 Å². The van der Waals surface area contributed by atoms with Crippen LogP contribution in [0.4, 0.5) is 4.79 Å². The highest BCUT2D eigenvalue weighted by Crippen LogP contribution is 2.38. The number of methoxy groups -OCH3 is 1. The molecule has 1 rings (SSSR count). The second-order valence-electron chi connectivity index (χ2n) is 3.03. The van der Waals surface area contributed by atoms with Crippen molar-refractivity contribution in [3.8, 4) is 5.75 Å². The summed E-state index contributed by atoms with van der Waals surface area (Å²) >= 11 is 0. The van der Waals surface area contributed by atoms with Crippen LogP contribution < -0.4 is 9.84 Å². The van der Waals surface area contributed by atoms with E-state index in [0.717, 1.165) is 0 Å². The van der Waals surface area contributed by atoms with Crippen molar-refractivity contribution in [3.05, 3.63) is 29.8 Å². The Morgan fingerprint density at radius 1 is 1.41 bits per heavy atom. The summed E-state index contributed by atoms with van der Waals surface area (Å²) in [6.07, 6.45) is -0.643. The van der Waals surface area contributed by atoms with Gasteiger partial charge in [-0.25, -0.2) is 9.36 Å². The molecule has 1 aromatic rings. The number of hydrogen-bond donors (Lipinski definition) is 3. The summed E-state index contributed by atoms with van der Waals surface area (Å²) in [6, 6.07) is 6.18. The third-order valence-electron chi connectivity index (χ3n) is 1.80. The quantitative estimate of drug-likeness (QED) is 0.699. The van der Waals surface area contributed by atoms with Gasteiger partial charge >= 0.3 is 13.9 Å². The second-order valence-corrected chi connectivity index (χ2v) is 4.20. The SMILES string of the molecule is COC(=O)NCc1ccccc1OP(=O)(O)O. The molecule has 1 amide bonds. The number of phosphoric ester groups is 1. The van der Waals surface area contributed by atoms with E-state index in [9.17, 15) is 9.36 Å². The molecule has 94 valence electrons. The van der Waals surface area contributed by atoms with Crippen LogP contribution in [0.3, 0.4) is 0 Å². The number of nitrogens with one attached hydrogen (secondary N) is 1. The summed E-state index contributed by atoms with van der Waals surface area (Å²) in [6.45, 7) is 0.0445. The van der Waals surface area contributed by atoms with Crippen LogP contribution in [0.1, 0.15) is 5.56 Å². The number of phosphoric acid groups is 1. The maximum atomic E-state index is 10.9. The highest BCUT2D eigenvalue weighted by atomic mass is 31.2. The molecule has 0 aliphatic carbocycles. The Kier molecular flexibility index (Phi) is 4.51. The molecule has 1 aromatic carbocycles. The molecule has 0 atom stereocenters. The van der Waals surface area contributed by atoms with E-state index < -0.39 is 13.9 Å². The fourth-order valence-corrected chi connectivity index (χ4v) is 1.54. The zero-order valence-electron chi connectivity index (χ0n) is 8.99. The Hall–Kier alpha value is -1.56. The van der Waals surface area contributed by atoms with Crippen LogP contribution in [0, 0.1) is 0 Å². The molecule has 3 N–H and O–H groups in total. The molecular formula is C9H12NO6P. The van der Waals surface area contributed by atoms with Crippen molar-refractivity contribution in [1.82, 2.24) is 5.32 Å². The molecule has 0 aliphatic rings. The molecule has 0 saturated carbocycles. The molecule has 0 radical (unpaired) electrons. The summed E-state index contributed by atoms with van der Waals surface area (Å²) in [4.78, 5) is 28.2. The number of para-hydroxylation sites is 1. The molecular weight excluding hydrogens is 249 g/mol. The summed E-state index contributed by atoms with van der Waals surface area (Å²) < 4.78 is 19.5. The molecule has 0 aromatic heterocycles. The van der Waals surface area contributed by atoms with E-state index in [1.54, 1.807) is 18.2 Å². The van der Waals surface area contributed by atoms with E-state index in [4.69, 9.17) is 9.79 Å². The molecule has 8 heteroatoms. The third-order valence-corrected chi connectivity index (χ3v) is 2.23. The lowest BCUT2D eigenvalue weighted by atomic mass is 10.2. The number of benzene rings is 1. The number of carbonyl (C=O) groups excluding carboxylic acids is 1. The fourth-order valence-electron chi connectivity index (χ4n) is 1.11. The van der Waals surface area contributed by atoms with Gasteiger partial charge in [-0.3, -0.25) is 9.79 Å². The number of hydrogen-bond acceptors (Lipinski definition) is 4.